The van der Waals surface area contributed by atoms with Crippen LogP contribution in [0.3, 0.4) is 0 Å². The van der Waals surface area contributed by atoms with Gasteiger partial charge < -0.3 is 5.32 Å². The molecule has 2 aliphatic rings. The van der Waals surface area contributed by atoms with E-state index in [0.29, 0.717) is 0 Å². The summed E-state index contributed by atoms with van der Waals surface area (Å²) in [5.74, 6) is 2.05. The minimum Gasteiger partial charge on any atom is -0.311 e. The molecule has 1 saturated carbocycles. The van der Waals surface area contributed by atoms with Crippen LogP contribution in [0.5, 0.6) is 0 Å². The molecular weight excluding hydrogens is 266 g/mol. The molecule has 1 fully saturated rings. The molecule has 1 aromatic rings. The summed E-state index contributed by atoms with van der Waals surface area (Å²) in [4.78, 5) is 9.64. The summed E-state index contributed by atoms with van der Waals surface area (Å²) >= 11 is 2.07. The number of nitrogens with zero attached hydrogens (tertiary/aromatic N) is 2. The SMILES string of the molecule is CCc1nc(CSC2CCCCC2)nc2c1CCNC2. The first-order valence-corrected chi connectivity index (χ1v) is 9.11. The van der Waals surface area contributed by atoms with E-state index >= 15 is 0 Å². The summed E-state index contributed by atoms with van der Waals surface area (Å²) in [6.07, 6.45) is 9.15. The van der Waals surface area contributed by atoms with E-state index < -0.39 is 0 Å². The van der Waals surface area contributed by atoms with Crippen molar-refractivity contribution in [1.29, 1.82) is 0 Å². The fourth-order valence-corrected chi connectivity index (χ4v) is 4.45. The normalized spacial score (nSPS) is 19.9. The molecular formula is C16H25N3S. The van der Waals surface area contributed by atoms with Gasteiger partial charge in [0.1, 0.15) is 5.82 Å². The van der Waals surface area contributed by atoms with Crippen molar-refractivity contribution in [3.05, 3.63) is 22.8 Å². The van der Waals surface area contributed by atoms with Crippen LogP contribution in [0.2, 0.25) is 0 Å². The second-order valence-corrected chi connectivity index (χ2v) is 7.15. The van der Waals surface area contributed by atoms with Crippen molar-refractivity contribution in [3.8, 4) is 0 Å². The number of aryl methyl sites for hydroxylation is 1. The molecule has 3 rings (SSSR count). The Kier molecular flexibility index (Phi) is 4.94. The Balaban J connectivity index is 1.69. The Bertz CT molecular complexity index is 438. The largest absolute Gasteiger partial charge is 0.311 e. The molecule has 1 aliphatic carbocycles. The number of rotatable bonds is 4. The summed E-state index contributed by atoms with van der Waals surface area (Å²) in [5, 5.41) is 4.27. The summed E-state index contributed by atoms with van der Waals surface area (Å²) in [5.41, 5.74) is 3.95. The maximum Gasteiger partial charge on any atom is 0.138 e. The van der Waals surface area contributed by atoms with Crippen LogP contribution in [0.15, 0.2) is 0 Å². The quantitative estimate of drug-likeness (QED) is 0.924. The molecule has 3 nitrogen and oxygen atoms in total. The highest BCUT2D eigenvalue weighted by atomic mass is 32.2. The zero-order valence-electron chi connectivity index (χ0n) is 12.5. The summed E-state index contributed by atoms with van der Waals surface area (Å²) in [6.45, 7) is 4.20. The molecule has 0 spiro atoms. The maximum atomic E-state index is 4.83. The van der Waals surface area contributed by atoms with E-state index in [1.807, 2.05) is 0 Å². The molecule has 1 aliphatic heterocycles. The Morgan fingerprint density at radius 3 is 2.85 bits per heavy atom. The van der Waals surface area contributed by atoms with Crippen LogP contribution in [0.4, 0.5) is 0 Å². The average molecular weight is 291 g/mol. The fourth-order valence-electron chi connectivity index (χ4n) is 3.27. The van der Waals surface area contributed by atoms with Crippen LogP contribution in [-0.4, -0.2) is 21.8 Å². The Labute approximate surface area is 126 Å². The number of fused-ring (bicyclic) bond motifs is 1. The smallest absolute Gasteiger partial charge is 0.138 e. The molecule has 0 amide bonds. The molecule has 2 heterocycles. The lowest BCUT2D eigenvalue weighted by Gasteiger charge is -2.22. The van der Waals surface area contributed by atoms with E-state index in [4.69, 9.17) is 9.97 Å². The number of hydrogen-bond acceptors (Lipinski definition) is 4. The van der Waals surface area contributed by atoms with Gasteiger partial charge in [-0.2, -0.15) is 11.8 Å². The van der Waals surface area contributed by atoms with Gasteiger partial charge in [0.25, 0.3) is 0 Å². The van der Waals surface area contributed by atoms with Crippen LogP contribution in [-0.2, 0) is 25.1 Å². The van der Waals surface area contributed by atoms with Crippen molar-refractivity contribution < 1.29 is 0 Å². The van der Waals surface area contributed by atoms with Crippen LogP contribution in [0, 0.1) is 0 Å². The van der Waals surface area contributed by atoms with Gasteiger partial charge in [-0.15, -0.1) is 0 Å². The molecule has 0 bridgehead atoms. The van der Waals surface area contributed by atoms with Crippen molar-refractivity contribution in [3.63, 3.8) is 0 Å². The molecule has 0 atom stereocenters. The monoisotopic (exact) mass is 291 g/mol. The highest BCUT2D eigenvalue weighted by molar-refractivity contribution is 7.99. The third-order valence-electron chi connectivity index (χ3n) is 4.40. The van der Waals surface area contributed by atoms with E-state index in [0.717, 1.165) is 42.8 Å². The Hall–Kier alpha value is -0.610. The van der Waals surface area contributed by atoms with Crippen molar-refractivity contribution in [2.45, 2.75) is 69.4 Å². The zero-order valence-corrected chi connectivity index (χ0v) is 13.3. The first-order valence-electron chi connectivity index (χ1n) is 8.06. The standard InChI is InChI=1S/C16H25N3S/c1-2-14-13-8-9-17-10-15(13)19-16(18-14)11-20-12-6-4-3-5-7-12/h12,17H,2-11H2,1H3. The molecule has 1 N–H and O–H groups in total. The van der Waals surface area contributed by atoms with Crippen LogP contribution >= 0.6 is 11.8 Å². The molecule has 4 heteroatoms. The molecule has 1 aromatic heterocycles. The zero-order chi connectivity index (χ0) is 13.8. The van der Waals surface area contributed by atoms with Crippen molar-refractivity contribution >= 4 is 11.8 Å². The van der Waals surface area contributed by atoms with Crippen molar-refractivity contribution in [1.82, 2.24) is 15.3 Å². The van der Waals surface area contributed by atoms with Gasteiger partial charge in [0.05, 0.1) is 11.4 Å². The lowest BCUT2D eigenvalue weighted by molar-refractivity contribution is 0.516. The number of aromatic nitrogens is 2. The van der Waals surface area contributed by atoms with Gasteiger partial charge in [-0.05, 0) is 37.8 Å². The summed E-state index contributed by atoms with van der Waals surface area (Å²) in [7, 11) is 0. The first-order chi connectivity index (χ1) is 9.86. The van der Waals surface area contributed by atoms with Gasteiger partial charge in [0.2, 0.25) is 0 Å². The van der Waals surface area contributed by atoms with Crippen molar-refractivity contribution in [2.24, 2.45) is 0 Å². The van der Waals surface area contributed by atoms with Gasteiger partial charge >= 0.3 is 0 Å². The number of nitrogens with one attached hydrogen (secondary N) is 1. The highest BCUT2D eigenvalue weighted by Gasteiger charge is 2.18. The molecule has 0 saturated heterocycles. The first kappa shape index (κ1) is 14.3. The predicted molar refractivity (Wildman–Crippen MR) is 85.0 cm³/mol. The summed E-state index contributed by atoms with van der Waals surface area (Å²) < 4.78 is 0. The van der Waals surface area contributed by atoms with Gasteiger partial charge in [0.15, 0.2) is 0 Å². The van der Waals surface area contributed by atoms with Crippen LogP contribution in [0.25, 0.3) is 0 Å². The van der Waals surface area contributed by atoms with Crippen LogP contribution < -0.4 is 5.32 Å². The minimum absolute atomic E-state index is 0.839. The van der Waals surface area contributed by atoms with E-state index in [9.17, 15) is 0 Å². The molecule has 20 heavy (non-hydrogen) atoms. The second kappa shape index (κ2) is 6.90. The van der Waals surface area contributed by atoms with E-state index in [1.165, 1.54) is 49.1 Å². The van der Waals surface area contributed by atoms with Crippen molar-refractivity contribution in [2.75, 3.05) is 6.54 Å². The lowest BCUT2D eigenvalue weighted by atomic mass is 10.0. The average Bonchev–Trinajstić information content (AvgIpc) is 2.53. The number of thioether (sulfide) groups is 1. The third kappa shape index (κ3) is 3.34. The number of hydrogen-bond donors (Lipinski definition) is 1. The van der Waals surface area contributed by atoms with Gasteiger partial charge in [-0.25, -0.2) is 9.97 Å². The van der Waals surface area contributed by atoms with Gasteiger partial charge in [0, 0.05) is 17.5 Å². The Morgan fingerprint density at radius 2 is 2.05 bits per heavy atom. The van der Waals surface area contributed by atoms with E-state index in [1.54, 1.807) is 0 Å². The lowest BCUT2D eigenvalue weighted by Crippen LogP contribution is -2.27. The molecule has 0 radical (unpaired) electrons. The maximum absolute atomic E-state index is 4.83. The van der Waals surface area contributed by atoms with E-state index in [2.05, 4.69) is 24.0 Å². The van der Waals surface area contributed by atoms with Gasteiger partial charge in [-0.3, -0.25) is 0 Å². The Morgan fingerprint density at radius 1 is 1.20 bits per heavy atom. The third-order valence-corrected chi connectivity index (χ3v) is 5.77. The van der Waals surface area contributed by atoms with Crippen LogP contribution in [0.1, 0.15) is 61.8 Å². The second-order valence-electron chi connectivity index (χ2n) is 5.86. The predicted octanol–water partition coefficient (Wildman–Crippen LogP) is 3.25. The minimum atomic E-state index is 0.839. The molecule has 110 valence electrons. The van der Waals surface area contributed by atoms with E-state index in [-0.39, 0.29) is 0 Å². The topological polar surface area (TPSA) is 37.8 Å². The molecule has 0 unspecified atom stereocenters. The molecule has 0 aromatic carbocycles. The fraction of sp³-hybridized carbons (Fsp3) is 0.750. The highest BCUT2D eigenvalue weighted by Crippen LogP contribution is 2.30. The summed E-state index contributed by atoms with van der Waals surface area (Å²) in [6, 6.07) is 0. The van der Waals surface area contributed by atoms with Gasteiger partial charge in [-0.1, -0.05) is 26.2 Å².